The fraction of sp³-hybridized carbons (Fsp3) is 0.200. The normalized spacial score (nSPS) is 12.9. The van der Waals surface area contributed by atoms with Crippen molar-refractivity contribution in [1.82, 2.24) is 5.43 Å². The second-order valence-corrected chi connectivity index (χ2v) is 3.93. The molecule has 1 aromatic carbocycles. The number of hydrazine groups is 1. The van der Waals surface area contributed by atoms with Gasteiger partial charge >= 0.3 is 5.97 Å². The van der Waals surface area contributed by atoms with E-state index in [1.54, 1.807) is 5.43 Å². The van der Waals surface area contributed by atoms with Crippen LogP contribution in [0.3, 0.4) is 0 Å². The van der Waals surface area contributed by atoms with Crippen molar-refractivity contribution in [2.45, 2.75) is 5.54 Å². The highest BCUT2D eigenvalue weighted by Gasteiger charge is 2.40. The minimum absolute atomic E-state index is 0. The van der Waals surface area contributed by atoms with Gasteiger partial charge in [0.2, 0.25) is 5.75 Å². The van der Waals surface area contributed by atoms with Crippen LogP contribution in [0, 0.1) is 0 Å². The van der Waals surface area contributed by atoms with E-state index < -0.39 is 52.4 Å². The van der Waals surface area contributed by atoms with Crippen molar-refractivity contribution in [3.8, 4) is 17.2 Å². The first-order chi connectivity index (χ1) is 9.20. The zero-order valence-electron chi connectivity index (χ0n) is 10.4. The number of aliphatic hydroxyl groups excluding tert-OH is 1. The van der Waals surface area contributed by atoms with Gasteiger partial charge in [0.1, 0.15) is 0 Å². The Morgan fingerprint density at radius 3 is 2.10 bits per heavy atom. The number of carboxylic acid groups (broad SMARTS) is 1. The molecule has 0 aliphatic rings. The number of nitrogen functional groups attached to an aromatic ring is 1. The minimum atomic E-state index is -2.49. The van der Waals surface area contributed by atoms with Gasteiger partial charge in [-0.3, -0.25) is 10.2 Å². The van der Waals surface area contributed by atoms with Gasteiger partial charge in [-0.25, -0.2) is 10.6 Å². The number of nitrogens with two attached hydrogens (primary N) is 2. The van der Waals surface area contributed by atoms with E-state index in [0.717, 1.165) is 0 Å². The second-order valence-electron chi connectivity index (χ2n) is 3.93. The molecule has 0 saturated heterocycles. The molecule has 0 radical (unpaired) electrons. The van der Waals surface area contributed by atoms with Gasteiger partial charge < -0.3 is 31.3 Å². The van der Waals surface area contributed by atoms with Crippen LogP contribution in [0.15, 0.2) is 6.07 Å². The first-order valence-corrected chi connectivity index (χ1v) is 5.13. The fourth-order valence-electron chi connectivity index (χ4n) is 1.51. The molecule has 10 nitrogen and oxygen atoms in total. The lowest BCUT2D eigenvalue weighted by molar-refractivity contribution is -0.145. The Kier molecular flexibility index (Phi) is 5.76. The van der Waals surface area contributed by atoms with Crippen LogP contribution >= 0.6 is 12.4 Å². The Morgan fingerprint density at radius 2 is 1.71 bits per heavy atom. The highest BCUT2D eigenvalue weighted by molar-refractivity contribution is 5.99. The summed E-state index contributed by atoms with van der Waals surface area (Å²) in [6.45, 7) is -1.14. The molecule has 0 aliphatic carbocycles. The lowest BCUT2D eigenvalue weighted by atomic mass is 9.89. The van der Waals surface area contributed by atoms with Crippen molar-refractivity contribution in [1.29, 1.82) is 0 Å². The molecule has 0 aliphatic heterocycles. The van der Waals surface area contributed by atoms with E-state index in [2.05, 4.69) is 0 Å². The van der Waals surface area contributed by atoms with Crippen molar-refractivity contribution >= 4 is 24.3 Å². The van der Waals surface area contributed by atoms with Gasteiger partial charge in [-0.1, -0.05) is 0 Å². The number of phenols is 3. The number of phenolic OH excluding ortho intramolecular Hbond substituents is 3. The average molecular weight is 324 g/mol. The predicted octanol–water partition coefficient (Wildman–Crippen LogP) is -1.94. The molecule has 0 spiro atoms. The molecule has 0 heterocycles. The number of amides is 1. The van der Waals surface area contributed by atoms with Gasteiger partial charge in [0, 0.05) is 5.56 Å². The van der Waals surface area contributed by atoms with Gasteiger partial charge in [0.05, 0.1) is 12.2 Å². The number of carboxylic acids is 1. The largest absolute Gasteiger partial charge is 0.504 e. The van der Waals surface area contributed by atoms with E-state index in [-0.39, 0.29) is 12.4 Å². The zero-order valence-corrected chi connectivity index (χ0v) is 11.2. The van der Waals surface area contributed by atoms with Crippen LogP contribution < -0.4 is 17.0 Å². The van der Waals surface area contributed by atoms with Crippen molar-refractivity contribution < 1.29 is 35.1 Å². The van der Waals surface area contributed by atoms with E-state index in [1.807, 2.05) is 0 Å². The van der Waals surface area contributed by atoms with Crippen LogP contribution in [0.2, 0.25) is 0 Å². The molecular formula is C10H14ClN3O7. The molecule has 0 bridgehead atoms. The SMILES string of the molecule is Cl.NNC(=O)c1cc(C(N)(CO)C(=O)O)c(O)c(O)c1O. The average Bonchev–Trinajstić information content (AvgIpc) is 2.43. The van der Waals surface area contributed by atoms with Crippen molar-refractivity contribution in [2.24, 2.45) is 11.6 Å². The number of hydrogen-bond donors (Lipinski definition) is 8. The maximum atomic E-state index is 11.4. The molecule has 21 heavy (non-hydrogen) atoms. The molecule has 1 unspecified atom stereocenters. The van der Waals surface area contributed by atoms with Crippen LogP contribution in [0.1, 0.15) is 15.9 Å². The summed E-state index contributed by atoms with van der Waals surface area (Å²) in [7, 11) is 0. The zero-order chi connectivity index (χ0) is 15.7. The third-order valence-corrected chi connectivity index (χ3v) is 2.73. The van der Waals surface area contributed by atoms with E-state index in [1.165, 1.54) is 0 Å². The molecule has 0 saturated carbocycles. The van der Waals surface area contributed by atoms with Crippen molar-refractivity contribution in [2.75, 3.05) is 6.61 Å². The first kappa shape index (κ1) is 18.7. The topological polar surface area (TPSA) is 199 Å². The Morgan fingerprint density at radius 1 is 1.19 bits per heavy atom. The molecule has 0 aromatic heterocycles. The molecule has 1 aromatic rings. The van der Waals surface area contributed by atoms with Crippen LogP contribution in [0.4, 0.5) is 0 Å². The maximum absolute atomic E-state index is 11.4. The Bertz CT molecular complexity index is 580. The van der Waals surface area contributed by atoms with E-state index in [4.69, 9.17) is 21.8 Å². The third-order valence-electron chi connectivity index (χ3n) is 2.73. The molecule has 1 atom stereocenters. The second kappa shape index (κ2) is 6.45. The number of hydrogen-bond acceptors (Lipinski definition) is 8. The monoisotopic (exact) mass is 323 g/mol. The third kappa shape index (κ3) is 2.92. The number of halogens is 1. The Hall–Kier alpha value is -2.27. The number of aromatic hydroxyl groups is 3. The van der Waals surface area contributed by atoms with Gasteiger partial charge in [-0.15, -0.1) is 12.4 Å². The summed E-state index contributed by atoms with van der Waals surface area (Å²) in [5, 5.41) is 46.7. The summed E-state index contributed by atoms with van der Waals surface area (Å²) >= 11 is 0. The summed E-state index contributed by atoms with van der Waals surface area (Å²) in [5.74, 6) is -1.18. The Labute approximate surface area is 124 Å². The maximum Gasteiger partial charge on any atom is 0.330 e. The van der Waals surface area contributed by atoms with E-state index in [9.17, 15) is 24.9 Å². The van der Waals surface area contributed by atoms with Crippen LogP contribution in [-0.2, 0) is 10.3 Å². The van der Waals surface area contributed by atoms with Gasteiger partial charge in [-0.05, 0) is 6.07 Å². The van der Waals surface area contributed by atoms with Gasteiger partial charge in [0.15, 0.2) is 17.0 Å². The molecular weight excluding hydrogens is 310 g/mol. The number of nitrogens with one attached hydrogen (secondary N) is 1. The summed E-state index contributed by atoms with van der Waals surface area (Å²) in [5.41, 5.74) is 3.30. The van der Waals surface area contributed by atoms with Gasteiger partial charge in [-0.2, -0.15) is 0 Å². The number of carbonyl (C=O) groups is 2. The van der Waals surface area contributed by atoms with Crippen LogP contribution in [0.25, 0.3) is 0 Å². The highest BCUT2D eigenvalue weighted by atomic mass is 35.5. The smallest absolute Gasteiger partial charge is 0.330 e. The van der Waals surface area contributed by atoms with Crippen molar-refractivity contribution in [3.05, 3.63) is 17.2 Å². The van der Waals surface area contributed by atoms with Crippen LogP contribution in [0.5, 0.6) is 17.2 Å². The number of carbonyl (C=O) groups excluding carboxylic acids is 1. The van der Waals surface area contributed by atoms with Crippen LogP contribution in [-0.4, -0.2) is 44.0 Å². The summed E-state index contributed by atoms with van der Waals surface area (Å²) < 4.78 is 0. The van der Waals surface area contributed by atoms with E-state index in [0.29, 0.717) is 6.07 Å². The first-order valence-electron chi connectivity index (χ1n) is 5.13. The number of aliphatic carboxylic acids is 1. The number of aliphatic hydroxyl groups is 1. The highest BCUT2D eigenvalue weighted by Crippen LogP contribution is 2.43. The molecule has 1 amide bonds. The number of benzene rings is 1. The quantitative estimate of drug-likeness (QED) is 0.134. The minimum Gasteiger partial charge on any atom is -0.504 e. The summed E-state index contributed by atoms with van der Waals surface area (Å²) in [4.78, 5) is 22.5. The Balaban J connectivity index is 0.00000400. The summed E-state index contributed by atoms with van der Waals surface area (Å²) in [6.07, 6.45) is 0. The molecule has 0 fully saturated rings. The van der Waals surface area contributed by atoms with E-state index >= 15 is 0 Å². The molecule has 10 N–H and O–H groups in total. The lowest BCUT2D eigenvalue weighted by Gasteiger charge is -2.24. The standard InChI is InChI=1S/C10H13N3O7.ClH/c11-10(2-14,9(19)20)4-1-3(8(18)13-12)5(15)7(17)6(4)16;/h1,14-17H,2,11-12H2,(H,13,18)(H,19,20);1H. The lowest BCUT2D eigenvalue weighted by Crippen LogP contribution is -2.48. The summed E-state index contributed by atoms with van der Waals surface area (Å²) in [6, 6.07) is 0.705. The van der Waals surface area contributed by atoms with Gasteiger partial charge in [0.25, 0.3) is 5.91 Å². The number of rotatable bonds is 4. The predicted molar refractivity (Wildman–Crippen MR) is 70.9 cm³/mol. The fourth-order valence-corrected chi connectivity index (χ4v) is 1.51. The molecule has 118 valence electrons. The molecule has 11 heteroatoms. The molecule has 1 rings (SSSR count). The van der Waals surface area contributed by atoms with Crippen molar-refractivity contribution in [3.63, 3.8) is 0 Å².